The van der Waals surface area contributed by atoms with E-state index in [9.17, 15) is 14.7 Å². The number of amides is 2. The van der Waals surface area contributed by atoms with Crippen molar-refractivity contribution >= 4 is 11.8 Å². The van der Waals surface area contributed by atoms with Crippen LogP contribution in [-0.2, 0) is 4.79 Å². The second-order valence-electron chi connectivity index (χ2n) is 7.80. The van der Waals surface area contributed by atoms with Crippen molar-refractivity contribution in [3.8, 4) is 23.0 Å². The molecule has 1 saturated heterocycles. The first-order valence-electron chi connectivity index (χ1n) is 10.7. The van der Waals surface area contributed by atoms with Gasteiger partial charge in [0.25, 0.3) is 11.8 Å². The van der Waals surface area contributed by atoms with E-state index in [-0.39, 0.29) is 17.6 Å². The topological polar surface area (TPSA) is 97.3 Å². The van der Waals surface area contributed by atoms with E-state index in [2.05, 4.69) is 5.32 Å². The highest BCUT2D eigenvalue weighted by molar-refractivity contribution is 5.94. The van der Waals surface area contributed by atoms with Crippen LogP contribution in [0.25, 0.3) is 0 Å². The van der Waals surface area contributed by atoms with Crippen LogP contribution >= 0.6 is 0 Å². The van der Waals surface area contributed by atoms with Crippen LogP contribution in [0.15, 0.2) is 42.5 Å². The number of nitrogens with zero attached hydrogens (tertiary/aromatic N) is 1. The van der Waals surface area contributed by atoms with Gasteiger partial charge < -0.3 is 29.5 Å². The lowest BCUT2D eigenvalue weighted by Crippen LogP contribution is -2.46. The summed E-state index contributed by atoms with van der Waals surface area (Å²) in [5.74, 6) is 1.84. The highest BCUT2D eigenvalue weighted by atomic mass is 16.5. The van der Waals surface area contributed by atoms with Crippen molar-refractivity contribution in [2.45, 2.75) is 25.9 Å². The van der Waals surface area contributed by atoms with Crippen LogP contribution < -0.4 is 19.5 Å². The Morgan fingerprint density at radius 3 is 2.34 bits per heavy atom. The lowest BCUT2D eigenvalue weighted by molar-refractivity contribution is -0.139. The van der Waals surface area contributed by atoms with Gasteiger partial charge in [-0.25, -0.2) is 0 Å². The van der Waals surface area contributed by atoms with Crippen LogP contribution in [-0.4, -0.2) is 61.8 Å². The second kappa shape index (κ2) is 10.7. The number of ether oxygens (including phenoxy) is 3. The van der Waals surface area contributed by atoms with Crippen molar-refractivity contribution < 1.29 is 28.9 Å². The highest BCUT2D eigenvalue weighted by Crippen LogP contribution is 2.27. The summed E-state index contributed by atoms with van der Waals surface area (Å²) in [6.07, 6.45) is 1.01. The van der Waals surface area contributed by atoms with Crippen LogP contribution in [0.2, 0.25) is 0 Å². The van der Waals surface area contributed by atoms with Gasteiger partial charge in [-0.3, -0.25) is 9.59 Å². The molecule has 8 heteroatoms. The van der Waals surface area contributed by atoms with E-state index in [1.807, 2.05) is 0 Å². The molecule has 2 aromatic carbocycles. The number of carbonyl (C=O) groups excluding carboxylic acids is 2. The normalized spacial score (nSPS) is 15.0. The number of carbonyl (C=O) groups is 2. The lowest BCUT2D eigenvalue weighted by atomic mass is 9.96. The molecule has 2 N–H and O–H groups in total. The van der Waals surface area contributed by atoms with Gasteiger partial charge in [0.15, 0.2) is 17.6 Å². The number of aromatic hydroxyl groups is 1. The molecule has 3 rings (SSSR count). The van der Waals surface area contributed by atoms with Crippen molar-refractivity contribution in [2.75, 3.05) is 33.9 Å². The molecule has 1 fully saturated rings. The number of rotatable bonds is 8. The summed E-state index contributed by atoms with van der Waals surface area (Å²) in [6.45, 7) is 3.53. The highest BCUT2D eigenvalue weighted by Gasteiger charge is 2.27. The molecule has 2 amide bonds. The number of likely N-dealkylation sites (tertiary alicyclic amines) is 1. The second-order valence-corrected chi connectivity index (χ2v) is 7.80. The third-order valence-electron chi connectivity index (χ3n) is 5.62. The van der Waals surface area contributed by atoms with Gasteiger partial charge in [0, 0.05) is 25.2 Å². The van der Waals surface area contributed by atoms with Crippen molar-refractivity contribution in [3.05, 3.63) is 48.0 Å². The largest absolute Gasteiger partial charge is 0.508 e. The fourth-order valence-electron chi connectivity index (χ4n) is 3.71. The molecule has 1 atom stereocenters. The van der Waals surface area contributed by atoms with Crippen LogP contribution in [0, 0.1) is 5.92 Å². The monoisotopic (exact) mass is 442 g/mol. The van der Waals surface area contributed by atoms with Crippen molar-refractivity contribution in [1.82, 2.24) is 10.2 Å². The minimum absolute atomic E-state index is 0.0640. The average molecular weight is 443 g/mol. The molecule has 1 aliphatic rings. The molecular formula is C24H30N2O6. The Morgan fingerprint density at radius 1 is 1.06 bits per heavy atom. The summed E-state index contributed by atoms with van der Waals surface area (Å²) < 4.78 is 16.2. The van der Waals surface area contributed by atoms with E-state index in [1.165, 1.54) is 19.2 Å². The summed E-state index contributed by atoms with van der Waals surface area (Å²) in [5.41, 5.74) is 0.510. The Balaban J connectivity index is 1.44. The first-order chi connectivity index (χ1) is 15.4. The molecule has 1 aliphatic heterocycles. The Bertz CT molecular complexity index is 923. The van der Waals surface area contributed by atoms with E-state index in [0.717, 1.165) is 12.8 Å². The summed E-state index contributed by atoms with van der Waals surface area (Å²) in [7, 11) is 3.08. The number of methoxy groups -OCH3 is 2. The molecule has 0 bridgehead atoms. The molecule has 0 aromatic heterocycles. The number of benzene rings is 2. The number of nitrogens with one attached hydrogen (secondary N) is 1. The fourth-order valence-corrected chi connectivity index (χ4v) is 3.71. The Hall–Kier alpha value is -3.42. The average Bonchev–Trinajstić information content (AvgIpc) is 2.83. The van der Waals surface area contributed by atoms with Gasteiger partial charge in [-0.15, -0.1) is 0 Å². The standard InChI is InChI=1S/C24H30N2O6/c1-16(32-20-7-5-19(27)6-8-20)24(29)26-12-10-17(11-13-26)15-25-23(28)18-4-9-21(30-2)22(14-18)31-3/h4-9,14,16-17,27H,10-13,15H2,1-3H3,(H,25,28). The number of phenols is 1. The molecule has 0 aliphatic carbocycles. The van der Waals surface area contributed by atoms with Crippen molar-refractivity contribution in [1.29, 1.82) is 0 Å². The maximum Gasteiger partial charge on any atom is 0.263 e. The predicted molar refractivity (Wildman–Crippen MR) is 119 cm³/mol. The Labute approximate surface area is 188 Å². The van der Waals surface area contributed by atoms with Gasteiger partial charge in [0.05, 0.1) is 14.2 Å². The third kappa shape index (κ3) is 5.84. The molecule has 2 aromatic rings. The van der Waals surface area contributed by atoms with E-state index in [0.29, 0.717) is 48.4 Å². The van der Waals surface area contributed by atoms with Crippen molar-refractivity contribution in [2.24, 2.45) is 5.92 Å². The summed E-state index contributed by atoms with van der Waals surface area (Å²) in [4.78, 5) is 27.0. The summed E-state index contributed by atoms with van der Waals surface area (Å²) in [5, 5.41) is 12.3. The maximum absolute atomic E-state index is 12.7. The zero-order chi connectivity index (χ0) is 23.1. The van der Waals surface area contributed by atoms with Crippen LogP contribution in [0.5, 0.6) is 23.0 Å². The smallest absolute Gasteiger partial charge is 0.263 e. The maximum atomic E-state index is 12.7. The van der Waals surface area contributed by atoms with Gasteiger partial charge in [0.2, 0.25) is 0 Å². The van der Waals surface area contributed by atoms with E-state index in [4.69, 9.17) is 14.2 Å². The summed E-state index contributed by atoms with van der Waals surface area (Å²) in [6, 6.07) is 11.4. The number of hydrogen-bond donors (Lipinski definition) is 2. The van der Waals surface area contributed by atoms with Gasteiger partial charge in [-0.05, 0) is 68.1 Å². The molecule has 172 valence electrons. The third-order valence-corrected chi connectivity index (χ3v) is 5.62. The van der Waals surface area contributed by atoms with Gasteiger partial charge >= 0.3 is 0 Å². The Morgan fingerprint density at radius 2 is 1.72 bits per heavy atom. The predicted octanol–water partition coefficient (Wildman–Crippen LogP) is 2.85. The molecule has 1 unspecified atom stereocenters. The number of phenolic OH excluding ortho intramolecular Hbond substituents is 1. The molecule has 32 heavy (non-hydrogen) atoms. The zero-order valence-corrected chi connectivity index (χ0v) is 18.7. The Kier molecular flexibility index (Phi) is 7.81. The first kappa shape index (κ1) is 23.2. The SMILES string of the molecule is COc1ccc(C(=O)NCC2CCN(C(=O)C(C)Oc3ccc(O)cc3)CC2)cc1OC. The number of hydrogen-bond acceptors (Lipinski definition) is 6. The van der Waals surface area contributed by atoms with Gasteiger partial charge in [-0.2, -0.15) is 0 Å². The molecule has 1 heterocycles. The van der Waals surface area contributed by atoms with E-state index < -0.39 is 6.10 Å². The van der Waals surface area contributed by atoms with Gasteiger partial charge in [-0.1, -0.05) is 0 Å². The molecule has 0 spiro atoms. The van der Waals surface area contributed by atoms with E-state index >= 15 is 0 Å². The van der Waals surface area contributed by atoms with Crippen LogP contribution in [0.1, 0.15) is 30.1 Å². The minimum Gasteiger partial charge on any atom is -0.508 e. The summed E-state index contributed by atoms with van der Waals surface area (Å²) >= 11 is 0. The van der Waals surface area contributed by atoms with E-state index in [1.54, 1.807) is 49.3 Å². The van der Waals surface area contributed by atoms with Gasteiger partial charge in [0.1, 0.15) is 11.5 Å². The van der Waals surface area contributed by atoms with Crippen LogP contribution in [0.4, 0.5) is 0 Å². The minimum atomic E-state index is -0.610. The van der Waals surface area contributed by atoms with Crippen molar-refractivity contribution in [3.63, 3.8) is 0 Å². The molecule has 8 nitrogen and oxygen atoms in total. The lowest BCUT2D eigenvalue weighted by Gasteiger charge is -2.33. The number of piperidine rings is 1. The van der Waals surface area contributed by atoms with Crippen LogP contribution in [0.3, 0.4) is 0 Å². The molecule has 0 radical (unpaired) electrons. The fraction of sp³-hybridized carbons (Fsp3) is 0.417. The first-order valence-corrected chi connectivity index (χ1v) is 10.7. The molecular weight excluding hydrogens is 412 g/mol. The molecule has 0 saturated carbocycles. The quantitative estimate of drug-likeness (QED) is 0.653. The zero-order valence-electron chi connectivity index (χ0n) is 18.7.